The van der Waals surface area contributed by atoms with Crippen LogP contribution in [0.4, 0.5) is 0 Å². The van der Waals surface area contributed by atoms with E-state index in [1.165, 1.54) is 12.5 Å². The lowest BCUT2D eigenvalue weighted by atomic mass is 9.44. The van der Waals surface area contributed by atoms with Crippen LogP contribution in [0, 0.1) is 34.5 Å². The van der Waals surface area contributed by atoms with Gasteiger partial charge in [0.15, 0.2) is 17.2 Å². The molecule has 3 saturated carbocycles. The van der Waals surface area contributed by atoms with Gasteiger partial charge in [-0.3, -0.25) is 14.4 Å². The summed E-state index contributed by atoms with van der Waals surface area (Å²) in [4.78, 5) is 36.8. The van der Waals surface area contributed by atoms with E-state index in [4.69, 9.17) is 4.74 Å². The van der Waals surface area contributed by atoms with Crippen LogP contribution in [0.15, 0.2) is 11.6 Å². The van der Waals surface area contributed by atoms with E-state index in [2.05, 4.69) is 20.8 Å². The lowest BCUT2D eigenvalue weighted by Gasteiger charge is -2.60. The van der Waals surface area contributed by atoms with Gasteiger partial charge in [-0.25, -0.2) is 0 Å². The largest absolute Gasteiger partial charge is 0.451 e. The summed E-state index contributed by atoms with van der Waals surface area (Å²) in [6.45, 7) is 9.87. The van der Waals surface area contributed by atoms with Gasteiger partial charge in [0.2, 0.25) is 0 Å². The number of hydrogen-bond donors (Lipinski definition) is 0. The van der Waals surface area contributed by atoms with Gasteiger partial charge in [-0.15, -0.1) is 0 Å². The number of carbonyl (C=O) groups is 3. The normalized spacial score (nSPS) is 47.5. The smallest absolute Gasteiger partial charge is 0.303 e. The molecule has 0 heterocycles. The van der Waals surface area contributed by atoms with E-state index in [0.29, 0.717) is 36.5 Å². The molecule has 0 aromatic carbocycles. The Morgan fingerprint density at radius 3 is 2.39 bits per heavy atom. The molecule has 3 unspecified atom stereocenters. The number of fused-ring (bicyclic) bond motifs is 5. The molecule has 7 atom stereocenters. The quantitative estimate of drug-likeness (QED) is 0.648. The summed E-state index contributed by atoms with van der Waals surface area (Å²) < 4.78 is 5.84. The molecule has 0 saturated heterocycles. The number of rotatable bonds is 2. The Balaban J connectivity index is 1.73. The molecule has 0 aliphatic heterocycles. The number of allylic oxidation sites excluding steroid dienone is 1. The summed E-state index contributed by atoms with van der Waals surface area (Å²) in [5.41, 5.74) is 0.218. The van der Waals surface area contributed by atoms with Crippen molar-refractivity contribution in [3.63, 3.8) is 0 Å². The Kier molecular flexibility index (Phi) is 4.45. The first-order chi connectivity index (χ1) is 13.0. The van der Waals surface area contributed by atoms with Crippen LogP contribution in [0.3, 0.4) is 0 Å². The van der Waals surface area contributed by atoms with Gasteiger partial charge in [0.05, 0.1) is 0 Å². The maximum Gasteiger partial charge on any atom is 0.303 e. The molecule has 0 amide bonds. The number of carbonyl (C=O) groups excluding carboxylic acids is 3. The van der Waals surface area contributed by atoms with Gasteiger partial charge in [-0.05, 0) is 80.6 Å². The van der Waals surface area contributed by atoms with Crippen LogP contribution < -0.4 is 0 Å². The highest BCUT2D eigenvalue weighted by Crippen LogP contribution is 2.69. The van der Waals surface area contributed by atoms with E-state index < -0.39 is 5.60 Å². The lowest BCUT2D eigenvalue weighted by molar-refractivity contribution is -0.187. The standard InChI is InChI=1S/C24H34O4/c1-14-12-18-19(22(4)9-6-17(27)13-21(14)22)7-10-23(5)20(18)8-11-24(23,15(2)25)28-16(3)26/h13-14,18-20H,6-12H2,1-5H3/t14-,18?,19?,20?,22+,23-,24+/m0/s1. The first-order valence-corrected chi connectivity index (χ1v) is 11.0. The molecule has 0 radical (unpaired) electrons. The number of esters is 1. The van der Waals surface area contributed by atoms with Crippen LogP contribution in [0.5, 0.6) is 0 Å². The van der Waals surface area contributed by atoms with Crippen molar-refractivity contribution in [3.05, 3.63) is 11.6 Å². The molecule has 4 aliphatic rings. The highest BCUT2D eigenvalue weighted by Gasteiger charge is 2.68. The molecular weight excluding hydrogens is 352 g/mol. The molecule has 3 fully saturated rings. The average molecular weight is 387 g/mol. The molecule has 4 heteroatoms. The second-order valence-electron chi connectivity index (χ2n) is 10.5. The Morgan fingerprint density at radius 1 is 1.07 bits per heavy atom. The summed E-state index contributed by atoms with van der Waals surface area (Å²) in [6, 6.07) is 0. The first-order valence-electron chi connectivity index (χ1n) is 11.0. The lowest BCUT2D eigenvalue weighted by Crippen LogP contribution is -2.59. The number of hydrogen-bond acceptors (Lipinski definition) is 4. The highest BCUT2D eigenvalue weighted by molar-refractivity contribution is 5.92. The molecule has 0 aromatic heterocycles. The molecule has 4 nitrogen and oxygen atoms in total. The Labute approximate surface area is 168 Å². The third kappa shape index (κ3) is 2.45. The van der Waals surface area contributed by atoms with Gasteiger partial charge < -0.3 is 4.74 Å². The van der Waals surface area contributed by atoms with E-state index in [1.54, 1.807) is 6.92 Å². The number of Topliss-reactive ketones (excluding diaryl/α,β-unsaturated/α-hetero) is 1. The molecule has 28 heavy (non-hydrogen) atoms. The van der Waals surface area contributed by atoms with Crippen molar-refractivity contribution in [2.24, 2.45) is 34.5 Å². The Morgan fingerprint density at radius 2 is 1.75 bits per heavy atom. The molecule has 0 spiro atoms. The van der Waals surface area contributed by atoms with Crippen molar-refractivity contribution in [3.8, 4) is 0 Å². The monoisotopic (exact) mass is 386 g/mol. The van der Waals surface area contributed by atoms with Gasteiger partial charge >= 0.3 is 5.97 Å². The molecule has 4 rings (SSSR count). The molecule has 0 N–H and O–H groups in total. The van der Waals surface area contributed by atoms with Gasteiger partial charge in [-0.2, -0.15) is 0 Å². The zero-order valence-electron chi connectivity index (χ0n) is 18.0. The van der Waals surface area contributed by atoms with Crippen molar-refractivity contribution in [1.82, 2.24) is 0 Å². The Hall–Kier alpha value is -1.45. The van der Waals surface area contributed by atoms with Crippen molar-refractivity contribution in [2.75, 3.05) is 0 Å². The van der Waals surface area contributed by atoms with Crippen LogP contribution in [-0.4, -0.2) is 23.1 Å². The second-order valence-corrected chi connectivity index (χ2v) is 10.5. The van der Waals surface area contributed by atoms with Gasteiger partial charge in [0, 0.05) is 18.8 Å². The predicted molar refractivity (Wildman–Crippen MR) is 106 cm³/mol. The van der Waals surface area contributed by atoms with Crippen molar-refractivity contribution >= 4 is 17.5 Å². The van der Waals surface area contributed by atoms with Crippen LogP contribution in [0.1, 0.15) is 79.6 Å². The fraction of sp³-hybridized carbons (Fsp3) is 0.792. The van der Waals surface area contributed by atoms with Crippen LogP contribution >= 0.6 is 0 Å². The minimum atomic E-state index is -0.961. The molecule has 4 aliphatic carbocycles. The third-order valence-electron chi connectivity index (χ3n) is 9.29. The molecule has 0 aromatic rings. The maximum absolute atomic E-state index is 12.8. The van der Waals surface area contributed by atoms with Crippen LogP contribution in [0.2, 0.25) is 0 Å². The van der Waals surface area contributed by atoms with E-state index in [1.807, 2.05) is 6.08 Å². The summed E-state index contributed by atoms with van der Waals surface area (Å²) in [5, 5.41) is 0. The number of ether oxygens (including phenoxy) is 1. The zero-order valence-corrected chi connectivity index (χ0v) is 18.0. The first kappa shape index (κ1) is 19.8. The van der Waals surface area contributed by atoms with Gasteiger partial charge in [-0.1, -0.05) is 26.3 Å². The molecule has 154 valence electrons. The number of ketones is 2. The summed E-state index contributed by atoms with van der Waals surface area (Å²) >= 11 is 0. The second kappa shape index (κ2) is 6.27. The third-order valence-corrected chi connectivity index (χ3v) is 9.29. The average Bonchev–Trinajstić information content (AvgIpc) is 2.90. The molecule has 0 bridgehead atoms. The topological polar surface area (TPSA) is 60.4 Å². The maximum atomic E-state index is 12.8. The van der Waals surface area contributed by atoms with Crippen molar-refractivity contribution in [2.45, 2.75) is 85.2 Å². The summed E-state index contributed by atoms with van der Waals surface area (Å²) in [6.07, 6.45) is 8.19. The van der Waals surface area contributed by atoms with Crippen LogP contribution in [-0.2, 0) is 19.1 Å². The van der Waals surface area contributed by atoms with Crippen molar-refractivity contribution in [1.29, 1.82) is 0 Å². The SMILES string of the molecule is CC(=O)O[C@@]1(C(C)=O)CCC2C3C[C@H](C)C4=CC(=O)CC[C@]4(C)C3CC[C@@]21C. The summed E-state index contributed by atoms with van der Waals surface area (Å²) in [7, 11) is 0. The van der Waals surface area contributed by atoms with E-state index in [9.17, 15) is 14.4 Å². The van der Waals surface area contributed by atoms with E-state index >= 15 is 0 Å². The Bertz CT molecular complexity index is 767. The molecular formula is C24H34O4. The fourth-order valence-corrected chi connectivity index (χ4v) is 8.05. The minimum Gasteiger partial charge on any atom is -0.451 e. The van der Waals surface area contributed by atoms with E-state index in [-0.39, 0.29) is 28.4 Å². The zero-order chi connectivity index (χ0) is 20.5. The highest BCUT2D eigenvalue weighted by atomic mass is 16.6. The minimum absolute atomic E-state index is 0.00469. The fourth-order valence-electron chi connectivity index (χ4n) is 8.05. The van der Waals surface area contributed by atoms with Gasteiger partial charge in [0.25, 0.3) is 0 Å². The van der Waals surface area contributed by atoms with Gasteiger partial charge in [0.1, 0.15) is 0 Å². The van der Waals surface area contributed by atoms with Crippen LogP contribution in [0.25, 0.3) is 0 Å². The predicted octanol–water partition coefficient (Wildman–Crippen LogP) is 4.66. The van der Waals surface area contributed by atoms with E-state index in [0.717, 1.165) is 32.1 Å². The van der Waals surface area contributed by atoms with Crippen molar-refractivity contribution < 1.29 is 19.1 Å². The summed E-state index contributed by atoms with van der Waals surface area (Å²) in [5.74, 6) is 1.82.